The number of pyridine rings is 1. The number of nitrogens with zero attached hydrogens (tertiary/aromatic N) is 2. The number of aromatic hydroxyl groups is 1. The van der Waals surface area contributed by atoms with Gasteiger partial charge in [0.05, 0.1) is 35.6 Å². The van der Waals surface area contributed by atoms with Crippen molar-refractivity contribution in [1.29, 1.82) is 5.26 Å². The Kier molecular flexibility index (Phi) is 3.79. The highest BCUT2D eigenvalue weighted by atomic mass is 16.5. The van der Waals surface area contributed by atoms with Gasteiger partial charge >= 0.3 is 0 Å². The fourth-order valence-electron chi connectivity index (χ4n) is 3.06. The van der Waals surface area contributed by atoms with Crippen molar-refractivity contribution in [3.8, 4) is 40.0 Å². The zero-order valence-electron chi connectivity index (χ0n) is 13.9. The molecule has 5 nitrogen and oxygen atoms in total. The van der Waals surface area contributed by atoms with Crippen LogP contribution in [0.3, 0.4) is 0 Å². The van der Waals surface area contributed by atoms with E-state index in [-0.39, 0.29) is 5.75 Å². The van der Waals surface area contributed by atoms with Crippen molar-refractivity contribution < 1.29 is 14.3 Å². The molecule has 0 amide bonds. The number of hydrogen-bond donors (Lipinski definition) is 1. The van der Waals surface area contributed by atoms with Crippen molar-refractivity contribution in [2.75, 3.05) is 7.11 Å². The number of hydrogen-bond acceptors (Lipinski definition) is 5. The second-order valence-corrected chi connectivity index (χ2v) is 5.73. The molecule has 4 rings (SSSR count). The molecule has 0 aliphatic heterocycles. The van der Waals surface area contributed by atoms with Gasteiger partial charge < -0.3 is 14.3 Å². The van der Waals surface area contributed by atoms with Crippen LogP contribution in [-0.2, 0) is 0 Å². The zero-order chi connectivity index (χ0) is 18.1. The van der Waals surface area contributed by atoms with Crippen molar-refractivity contribution in [3.05, 3.63) is 66.6 Å². The maximum absolute atomic E-state index is 10.5. The lowest BCUT2D eigenvalue weighted by molar-refractivity contribution is 0.414. The third-order valence-corrected chi connectivity index (χ3v) is 4.26. The molecule has 0 unspecified atom stereocenters. The Bertz CT molecular complexity index is 1140. The fraction of sp³-hybridized carbons (Fsp3) is 0.0476. The zero-order valence-corrected chi connectivity index (χ0v) is 13.9. The Hall–Kier alpha value is -3.78. The number of phenolic OH excluding ortho intramolecular Hbond substituents is 1. The van der Waals surface area contributed by atoms with Gasteiger partial charge in [0.2, 0.25) is 0 Å². The van der Waals surface area contributed by atoms with Crippen molar-refractivity contribution in [2.24, 2.45) is 0 Å². The van der Waals surface area contributed by atoms with Crippen LogP contribution in [0.1, 0.15) is 5.56 Å². The van der Waals surface area contributed by atoms with Gasteiger partial charge in [-0.3, -0.25) is 4.98 Å². The topological polar surface area (TPSA) is 79.3 Å². The van der Waals surface area contributed by atoms with E-state index in [0.717, 1.165) is 16.5 Å². The van der Waals surface area contributed by atoms with Gasteiger partial charge in [0.1, 0.15) is 23.2 Å². The molecule has 0 saturated carbocycles. The van der Waals surface area contributed by atoms with E-state index in [4.69, 9.17) is 9.15 Å². The number of fused-ring (bicyclic) bond motifs is 1. The summed E-state index contributed by atoms with van der Waals surface area (Å²) in [5, 5.41) is 20.7. The van der Waals surface area contributed by atoms with E-state index in [1.165, 1.54) is 25.6 Å². The number of aromatic nitrogens is 1. The molecule has 4 aromatic rings. The smallest absolute Gasteiger partial charge is 0.143 e. The van der Waals surface area contributed by atoms with E-state index < -0.39 is 0 Å². The lowest BCUT2D eigenvalue weighted by atomic mass is 9.98. The molecule has 2 aromatic heterocycles. The molecule has 0 fully saturated rings. The summed E-state index contributed by atoms with van der Waals surface area (Å²) < 4.78 is 10.9. The molecule has 26 heavy (non-hydrogen) atoms. The predicted octanol–water partition coefficient (Wildman–Crippen LogP) is 4.75. The van der Waals surface area contributed by atoms with E-state index in [9.17, 15) is 10.4 Å². The van der Waals surface area contributed by atoms with Crippen LogP contribution in [0.5, 0.6) is 11.5 Å². The van der Waals surface area contributed by atoms with Crippen LogP contribution in [0.4, 0.5) is 0 Å². The molecular formula is C21H14N2O3. The molecular weight excluding hydrogens is 328 g/mol. The van der Waals surface area contributed by atoms with Crippen molar-refractivity contribution in [2.45, 2.75) is 0 Å². The minimum absolute atomic E-state index is 0.000481. The molecule has 0 aliphatic rings. The van der Waals surface area contributed by atoms with Crippen LogP contribution >= 0.6 is 0 Å². The summed E-state index contributed by atoms with van der Waals surface area (Å²) in [4.78, 5) is 4.37. The van der Waals surface area contributed by atoms with Crippen LogP contribution in [0, 0.1) is 11.3 Å². The first-order valence-corrected chi connectivity index (χ1v) is 7.96. The SMILES string of the molecule is COc1c(-c2cc(-c3ccccc3)c(C#N)cn2)c(O)cc2occc12. The summed E-state index contributed by atoms with van der Waals surface area (Å²) in [6.45, 7) is 0. The maximum atomic E-state index is 10.5. The Morgan fingerprint density at radius 1 is 1.15 bits per heavy atom. The highest BCUT2D eigenvalue weighted by Gasteiger charge is 2.20. The number of ether oxygens (including phenoxy) is 1. The molecule has 2 heterocycles. The van der Waals surface area contributed by atoms with Gasteiger partial charge in [-0.2, -0.15) is 5.26 Å². The fourth-order valence-corrected chi connectivity index (χ4v) is 3.06. The van der Waals surface area contributed by atoms with Crippen LogP contribution in [-0.4, -0.2) is 17.2 Å². The highest BCUT2D eigenvalue weighted by molar-refractivity contribution is 5.95. The number of phenols is 1. The summed E-state index contributed by atoms with van der Waals surface area (Å²) >= 11 is 0. The van der Waals surface area contributed by atoms with Gasteiger partial charge in [0.25, 0.3) is 0 Å². The van der Waals surface area contributed by atoms with E-state index >= 15 is 0 Å². The quantitative estimate of drug-likeness (QED) is 0.581. The number of benzene rings is 2. The van der Waals surface area contributed by atoms with Gasteiger partial charge in [0.15, 0.2) is 0 Å². The minimum atomic E-state index is 0.000481. The second-order valence-electron chi connectivity index (χ2n) is 5.73. The van der Waals surface area contributed by atoms with Crippen LogP contribution in [0.25, 0.3) is 33.4 Å². The largest absolute Gasteiger partial charge is 0.507 e. The molecule has 0 atom stereocenters. The average molecular weight is 342 g/mol. The number of methoxy groups -OCH3 is 1. The molecule has 0 aliphatic carbocycles. The molecule has 1 N–H and O–H groups in total. The first-order valence-electron chi connectivity index (χ1n) is 7.96. The van der Waals surface area contributed by atoms with Gasteiger partial charge in [-0.1, -0.05) is 30.3 Å². The summed E-state index contributed by atoms with van der Waals surface area (Å²) in [6, 6.07) is 16.9. The molecule has 5 heteroatoms. The Morgan fingerprint density at radius 2 is 1.96 bits per heavy atom. The highest BCUT2D eigenvalue weighted by Crippen LogP contribution is 2.44. The van der Waals surface area contributed by atoms with E-state index in [1.54, 1.807) is 12.1 Å². The first kappa shape index (κ1) is 15.7. The molecule has 0 spiro atoms. The molecule has 0 saturated heterocycles. The first-order chi connectivity index (χ1) is 12.7. The molecule has 2 aromatic carbocycles. The van der Waals surface area contributed by atoms with E-state index in [0.29, 0.717) is 28.2 Å². The standard InChI is InChI=1S/C21H14N2O3/c1-25-21-15-7-8-26-19(15)10-18(24)20(21)17-9-16(14(11-22)12-23-17)13-5-3-2-4-6-13/h2-10,12,24H,1H3. The summed E-state index contributed by atoms with van der Waals surface area (Å²) in [5.74, 6) is 0.477. The molecule has 126 valence electrons. The summed E-state index contributed by atoms with van der Waals surface area (Å²) in [7, 11) is 1.53. The number of furan rings is 1. The van der Waals surface area contributed by atoms with Gasteiger partial charge in [-0.05, 0) is 17.7 Å². The van der Waals surface area contributed by atoms with E-state index in [1.807, 2.05) is 30.3 Å². The number of rotatable bonds is 3. The third-order valence-electron chi connectivity index (χ3n) is 4.26. The Balaban J connectivity index is 1.99. The second kappa shape index (κ2) is 6.26. The molecule has 0 bridgehead atoms. The lowest BCUT2D eigenvalue weighted by Gasteiger charge is -2.13. The Morgan fingerprint density at radius 3 is 2.69 bits per heavy atom. The van der Waals surface area contributed by atoms with Crippen LogP contribution in [0.15, 0.2) is 65.4 Å². The molecule has 0 radical (unpaired) electrons. The van der Waals surface area contributed by atoms with Crippen molar-refractivity contribution in [3.63, 3.8) is 0 Å². The Labute approximate surface area is 149 Å². The monoisotopic (exact) mass is 342 g/mol. The van der Waals surface area contributed by atoms with Crippen LogP contribution < -0.4 is 4.74 Å². The summed E-state index contributed by atoms with van der Waals surface area (Å²) in [6.07, 6.45) is 3.05. The van der Waals surface area contributed by atoms with E-state index in [2.05, 4.69) is 11.1 Å². The average Bonchev–Trinajstić information content (AvgIpc) is 3.15. The van der Waals surface area contributed by atoms with Crippen molar-refractivity contribution >= 4 is 11.0 Å². The minimum Gasteiger partial charge on any atom is -0.507 e. The van der Waals surface area contributed by atoms with Gasteiger partial charge in [-0.25, -0.2) is 0 Å². The number of nitriles is 1. The van der Waals surface area contributed by atoms with Crippen molar-refractivity contribution in [1.82, 2.24) is 4.98 Å². The maximum Gasteiger partial charge on any atom is 0.143 e. The normalized spacial score (nSPS) is 10.6. The third kappa shape index (κ3) is 2.45. The van der Waals surface area contributed by atoms with Gasteiger partial charge in [-0.15, -0.1) is 0 Å². The summed E-state index contributed by atoms with van der Waals surface area (Å²) in [5.41, 5.74) is 3.61. The van der Waals surface area contributed by atoms with Crippen LogP contribution in [0.2, 0.25) is 0 Å². The lowest BCUT2D eigenvalue weighted by Crippen LogP contribution is -1.94. The predicted molar refractivity (Wildman–Crippen MR) is 97.8 cm³/mol. The van der Waals surface area contributed by atoms with Gasteiger partial charge in [0, 0.05) is 17.8 Å².